The average Bonchev–Trinajstić information content (AvgIpc) is 3.04. The smallest absolute Gasteiger partial charge is 0.159 e. The van der Waals surface area contributed by atoms with Crippen molar-refractivity contribution in [2.24, 2.45) is 0 Å². The maximum absolute atomic E-state index is 6.08. The van der Waals surface area contributed by atoms with Crippen LogP contribution >= 0.6 is 11.6 Å². The number of nitrogens with zero attached hydrogens (tertiary/aromatic N) is 3. The highest BCUT2D eigenvalue weighted by molar-refractivity contribution is 6.32. The summed E-state index contributed by atoms with van der Waals surface area (Å²) in [5.74, 6) is 1.74. The van der Waals surface area contributed by atoms with Gasteiger partial charge in [0.15, 0.2) is 16.8 Å². The van der Waals surface area contributed by atoms with E-state index in [1.54, 1.807) is 24.6 Å². The van der Waals surface area contributed by atoms with Crippen molar-refractivity contribution in [2.45, 2.75) is 6.54 Å². The van der Waals surface area contributed by atoms with Crippen LogP contribution in [0, 0.1) is 0 Å². The zero-order chi connectivity index (χ0) is 15.4. The zero-order valence-electron chi connectivity index (χ0n) is 11.5. The molecule has 0 fully saturated rings. The van der Waals surface area contributed by atoms with E-state index in [9.17, 15) is 0 Å². The van der Waals surface area contributed by atoms with Crippen LogP contribution in [0.3, 0.4) is 0 Å². The lowest BCUT2D eigenvalue weighted by molar-refractivity contribution is 0.518. The van der Waals surface area contributed by atoms with E-state index in [1.807, 2.05) is 12.1 Å². The number of rotatable bonds is 5. The third-order valence-electron chi connectivity index (χ3n) is 2.91. The van der Waals surface area contributed by atoms with Crippen molar-refractivity contribution in [1.29, 1.82) is 0 Å². The maximum atomic E-state index is 6.08. The van der Waals surface area contributed by atoms with Crippen LogP contribution in [-0.4, -0.2) is 15.0 Å². The number of pyridine rings is 1. The molecular formula is C14H13ClN6O. The van der Waals surface area contributed by atoms with Crippen LogP contribution in [0.15, 0.2) is 47.5 Å². The van der Waals surface area contributed by atoms with E-state index in [0.717, 1.165) is 5.76 Å². The van der Waals surface area contributed by atoms with Gasteiger partial charge in [-0.1, -0.05) is 11.6 Å². The van der Waals surface area contributed by atoms with Gasteiger partial charge in [0.2, 0.25) is 0 Å². The second-order valence-corrected chi connectivity index (χ2v) is 4.74. The van der Waals surface area contributed by atoms with Crippen molar-refractivity contribution in [3.63, 3.8) is 0 Å². The molecule has 0 atom stereocenters. The molecule has 0 aliphatic rings. The minimum absolute atomic E-state index is 0.339. The van der Waals surface area contributed by atoms with E-state index in [1.165, 1.54) is 6.33 Å². The van der Waals surface area contributed by atoms with Gasteiger partial charge in [-0.2, -0.15) is 0 Å². The molecule has 0 amide bonds. The fraction of sp³-hybridized carbons (Fsp3) is 0.0714. The van der Waals surface area contributed by atoms with Crippen LogP contribution in [0.25, 0.3) is 0 Å². The Bertz CT molecular complexity index is 762. The van der Waals surface area contributed by atoms with E-state index in [4.69, 9.17) is 21.8 Å². The SMILES string of the molecule is Nc1c(NCc2ccco2)ncnc1Nc1cccnc1Cl. The van der Waals surface area contributed by atoms with Crippen molar-refractivity contribution < 1.29 is 4.42 Å². The second kappa shape index (κ2) is 6.31. The summed E-state index contributed by atoms with van der Waals surface area (Å²) in [5, 5.41) is 6.48. The van der Waals surface area contributed by atoms with Crippen LogP contribution in [0.4, 0.5) is 23.0 Å². The minimum atomic E-state index is 0.339. The number of halogens is 1. The normalized spacial score (nSPS) is 10.4. The van der Waals surface area contributed by atoms with Crippen molar-refractivity contribution >= 4 is 34.6 Å². The predicted molar refractivity (Wildman–Crippen MR) is 85.0 cm³/mol. The molecule has 0 aliphatic carbocycles. The molecule has 3 aromatic rings. The Hall–Kier alpha value is -2.80. The van der Waals surface area contributed by atoms with E-state index in [0.29, 0.717) is 34.7 Å². The van der Waals surface area contributed by atoms with E-state index >= 15 is 0 Å². The average molecular weight is 317 g/mol. The zero-order valence-corrected chi connectivity index (χ0v) is 12.2. The Labute approximate surface area is 131 Å². The molecule has 7 nitrogen and oxygen atoms in total. The lowest BCUT2D eigenvalue weighted by Crippen LogP contribution is -2.08. The summed E-state index contributed by atoms with van der Waals surface area (Å²) in [6.45, 7) is 0.474. The fourth-order valence-electron chi connectivity index (χ4n) is 1.83. The van der Waals surface area contributed by atoms with Crippen LogP contribution in [0.5, 0.6) is 0 Å². The van der Waals surface area contributed by atoms with Crippen molar-refractivity contribution in [3.8, 4) is 0 Å². The minimum Gasteiger partial charge on any atom is -0.467 e. The highest BCUT2D eigenvalue weighted by atomic mass is 35.5. The van der Waals surface area contributed by atoms with Gasteiger partial charge in [0.1, 0.15) is 17.8 Å². The highest BCUT2D eigenvalue weighted by Gasteiger charge is 2.10. The maximum Gasteiger partial charge on any atom is 0.159 e. The molecule has 22 heavy (non-hydrogen) atoms. The first kappa shape index (κ1) is 14.2. The largest absolute Gasteiger partial charge is 0.467 e. The number of nitrogens with two attached hydrogens (primary N) is 1. The topological polar surface area (TPSA) is 102 Å². The summed E-state index contributed by atoms with van der Waals surface area (Å²) in [6.07, 6.45) is 4.62. The van der Waals surface area contributed by atoms with Crippen molar-refractivity contribution in [2.75, 3.05) is 16.4 Å². The molecule has 0 saturated carbocycles. The van der Waals surface area contributed by atoms with Crippen molar-refractivity contribution in [1.82, 2.24) is 15.0 Å². The van der Waals surface area contributed by atoms with Gasteiger partial charge in [0.25, 0.3) is 0 Å². The first-order valence-electron chi connectivity index (χ1n) is 6.48. The molecule has 0 unspecified atom stereocenters. The molecule has 3 aromatic heterocycles. The third-order valence-corrected chi connectivity index (χ3v) is 3.21. The van der Waals surface area contributed by atoms with Gasteiger partial charge in [0, 0.05) is 6.20 Å². The van der Waals surface area contributed by atoms with Gasteiger partial charge in [-0.15, -0.1) is 0 Å². The summed E-state index contributed by atoms with van der Waals surface area (Å²) >= 11 is 6.01. The van der Waals surface area contributed by atoms with E-state index in [-0.39, 0.29) is 0 Å². The summed E-state index contributed by atoms with van der Waals surface area (Å²) in [6, 6.07) is 7.23. The molecule has 0 aliphatic heterocycles. The molecule has 3 rings (SSSR count). The number of hydrogen-bond acceptors (Lipinski definition) is 7. The summed E-state index contributed by atoms with van der Waals surface area (Å²) < 4.78 is 5.25. The van der Waals surface area contributed by atoms with Crippen molar-refractivity contribution in [3.05, 3.63) is 54.0 Å². The van der Waals surface area contributed by atoms with Crippen LogP contribution in [0.2, 0.25) is 5.15 Å². The van der Waals surface area contributed by atoms with Gasteiger partial charge < -0.3 is 20.8 Å². The van der Waals surface area contributed by atoms with Crippen LogP contribution in [0.1, 0.15) is 5.76 Å². The molecule has 3 heterocycles. The first-order valence-corrected chi connectivity index (χ1v) is 6.86. The Morgan fingerprint density at radius 3 is 2.77 bits per heavy atom. The molecule has 112 valence electrons. The number of nitrogens with one attached hydrogen (secondary N) is 2. The molecule has 0 saturated heterocycles. The number of furan rings is 1. The molecular weight excluding hydrogens is 304 g/mol. The second-order valence-electron chi connectivity index (χ2n) is 4.38. The van der Waals surface area contributed by atoms with Gasteiger partial charge >= 0.3 is 0 Å². The fourth-order valence-corrected chi connectivity index (χ4v) is 1.99. The standard InChI is InChI=1S/C14H13ClN6O/c15-12-10(4-1-5-17-12)21-14-11(16)13(19-8-20-14)18-7-9-3-2-6-22-9/h1-6,8H,7,16H2,(H2,18,19,20,21). The summed E-state index contributed by atoms with van der Waals surface area (Å²) in [5.41, 5.74) is 7.08. The Kier molecular flexibility index (Phi) is 4.06. The van der Waals surface area contributed by atoms with Gasteiger partial charge in [-0.05, 0) is 24.3 Å². The number of hydrogen-bond donors (Lipinski definition) is 3. The van der Waals surface area contributed by atoms with Gasteiger partial charge in [-0.25, -0.2) is 15.0 Å². The Balaban J connectivity index is 1.78. The molecule has 8 heteroatoms. The quantitative estimate of drug-likeness (QED) is 0.622. The highest BCUT2D eigenvalue weighted by Crippen LogP contribution is 2.28. The van der Waals surface area contributed by atoms with Gasteiger partial charge in [0.05, 0.1) is 18.5 Å². The van der Waals surface area contributed by atoms with E-state index < -0.39 is 0 Å². The Morgan fingerprint density at radius 2 is 2.00 bits per heavy atom. The molecule has 0 spiro atoms. The number of anilines is 4. The van der Waals surface area contributed by atoms with E-state index in [2.05, 4.69) is 25.6 Å². The number of aromatic nitrogens is 3. The van der Waals surface area contributed by atoms with Gasteiger partial charge in [-0.3, -0.25) is 0 Å². The Morgan fingerprint density at radius 1 is 1.14 bits per heavy atom. The lowest BCUT2D eigenvalue weighted by Gasteiger charge is -2.12. The van der Waals surface area contributed by atoms with Crippen LogP contribution in [-0.2, 0) is 6.54 Å². The molecule has 0 radical (unpaired) electrons. The predicted octanol–water partition coefficient (Wildman–Crippen LogP) is 3.06. The molecule has 0 bridgehead atoms. The van der Waals surface area contributed by atoms with Crippen LogP contribution < -0.4 is 16.4 Å². The number of nitrogen functional groups attached to an aromatic ring is 1. The first-order chi connectivity index (χ1) is 10.7. The molecule has 4 N–H and O–H groups in total. The monoisotopic (exact) mass is 316 g/mol. The molecule has 0 aromatic carbocycles. The third kappa shape index (κ3) is 3.09. The summed E-state index contributed by atoms with van der Waals surface area (Å²) in [7, 11) is 0. The lowest BCUT2D eigenvalue weighted by atomic mass is 10.3. The summed E-state index contributed by atoms with van der Waals surface area (Å²) in [4.78, 5) is 12.2.